The van der Waals surface area contributed by atoms with Gasteiger partial charge in [0.25, 0.3) is 0 Å². The second kappa shape index (κ2) is 5.57. The highest BCUT2D eigenvalue weighted by molar-refractivity contribution is 5.66. The van der Waals surface area contributed by atoms with Crippen molar-refractivity contribution in [1.29, 1.82) is 0 Å². The molecular formula is C13H16O4. The molecule has 0 saturated heterocycles. The van der Waals surface area contributed by atoms with Crippen molar-refractivity contribution in [1.82, 2.24) is 0 Å². The van der Waals surface area contributed by atoms with Gasteiger partial charge in [-0.3, -0.25) is 4.79 Å². The van der Waals surface area contributed by atoms with E-state index in [0.717, 1.165) is 23.5 Å². The molecule has 1 aliphatic rings. The first-order valence-corrected chi connectivity index (χ1v) is 5.86. The fraction of sp³-hybridized carbons (Fsp3) is 0.462. The first kappa shape index (κ1) is 11.8. The van der Waals surface area contributed by atoms with Crippen LogP contribution >= 0.6 is 0 Å². The molecule has 1 N–H and O–H groups in total. The van der Waals surface area contributed by atoms with Gasteiger partial charge in [0.15, 0.2) is 11.5 Å². The van der Waals surface area contributed by atoms with Crippen molar-refractivity contribution in [2.24, 2.45) is 0 Å². The van der Waals surface area contributed by atoms with Crippen LogP contribution in [0.4, 0.5) is 0 Å². The van der Waals surface area contributed by atoms with E-state index < -0.39 is 5.97 Å². The third-order valence-electron chi connectivity index (χ3n) is 2.69. The molecule has 0 atom stereocenters. The van der Waals surface area contributed by atoms with Gasteiger partial charge in [0.1, 0.15) is 0 Å². The van der Waals surface area contributed by atoms with Gasteiger partial charge >= 0.3 is 5.97 Å². The minimum Gasteiger partial charge on any atom is -0.490 e. The number of carbonyl (C=O) groups is 1. The molecule has 1 aromatic carbocycles. The van der Waals surface area contributed by atoms with Crippen LogP contribution in [0.5, 0.6) is 11.5 Å². The highest BCUT2D eigenvalue weighted by Gasteiger charge is 2.14. The molecule has 0 radical (unpaired) electrons. The Morgan fingerprint density at radius 2 is 2.12 bits per heavy atom. The van der Waals surface area contributed by atoms with Gasteiger partial charge in [-0.25, -0.2) is 0 Å². The summed E-state index contributed by atoms with van der Waals surface area (Å²) in [6.45, 7) is 1.33. The summed E-state index contributed by atoms with van der Waals surface area (Å²) in [4.78, 5) is 10.5. The number of rotatable bonds is 4. The molecule has 2 rings (SSSR count). The number of aliphatic carboxylic acids is 1. The Morgan fingerprint density at radius 1 is 1.29 bits per heavy atom. The summed E-state index contributed by atoms with van der Waals surface area (Å²) in [7, 11) is 0. The maximum absolute atomic E-state index is 10.5. The molecule has 0 bridgehead atoms. The number of benzene rings is 1. The largest absolute Gasteiger partial charge is 0.490 e. The lowest BCUT2D eigenvalue weighted by atomic mass is 10.1. The molecule has 0 aromatic heterocycles. The average Bonchev–Trinajstić information content (AvgIpc) is 2.54. The minimum atomic E-state index is -0.760. The maximum atomic E-state index is 10.5. The summed E-state index contributed by atoms with van der Waals surface area (Å²) >= 11 is 0. The predicted molar refractivity (Wildman–Crippen MR) is 62.6 cm³/mol. The Hall–Kier alpha value is -1.71. The Balaban J connectivity index is 2.08. The Labute approximate surface area is 100 Å². The SMILES string of the molecule is O=C(O)CCCc1cccc2c1OCCCO2. The standard InChI is InChI=1S/C13H16O4/c14-12(15)7-2-5-10-4-1-6-11-13(10)17-9-3-8-16-11/h1,4,6H,2-3,5,7-9H2,(H,14,15). The number of aryl methyl sites for hydroxylation is 1. The van der Waals surface area contributed by atoms with E-state index in [0.29, 0.717) is 26.1 Å². The molecule has 4 heteroatoms. The van der Waals surface area contributed by atoms with E-state index in [1.165, 1.54) is 0 Å². The molecule has 1 heterocycles. The van der Waals surface area contributed by atoms with Crippen LogP contribution in [0.1, 0.15) is 24.8 Å². The summed E-state index contributed by atoms with van der Waals surface area (Å²) in [5, 5.41) is 8.62. The zero-order valence-electron chi connectivity index (χ0n) is 9.65. The predicted octanol–water partition coefficient (Wildman–Crippen LogP) is 2.26. The van der Waals surface area contributed by atoms with E-state index in [-0.39, 0.29) is 6.42 Å². The highest BCUT2D eigenvalue weighted by Crippen LogP contribution is 2.33. The van der Waals surface area contributed by atoms with E-state index in [1.807, 2.05) is 18.2 Å². The van der Waals surface area contributed by atoms with Crippen molar-refractivity contribution in [3.63, 3.8) is 0 Å². The molecule has 1 aliphatic heterocycles. The van der Waals surface area contributed by atoms with Crippen LogP contribution in [0.25, 0.3) is 0 Å². The topological polar surface area (TPSA) is 55.8 Å². The van der Waals surface area contributed by atoms with Gasteiger partial charge in [-0.1, -0.05) is 12.1 Å². The van der Waals surface area contributed by atoms with Crippen molar-refractivity contribution in [3.05, 3.63) is 23.8 Å². The summed E-state index contributed by atoms with van der Waals surface area (Å²) in [5.74, 6) is 0.801. The summed E-state index contributed by atoms with van der Waals surface area (Å²) < 4.78 is 11.2. The second-order valence-corrected chi connectivity index (χ2v) is 4.04. The monoisotopic (exact) mass is 236 g/mol. The fourth-order valence-corrected chi connectivity index (χ4v) is 1.88. The number of hydrogen-bond donors (Lipinski definition) is 1. The van der Waals surface area contributed by atoms with Gasteiger partial charge in [0.05, 0.1) is 13.2 Å². The van der Waals surface area contributed by atoms with Crippen LogP contribution < -0.4 is 9.47 Å². The van der Waals surface area contributed by atoms with Crippen molar-refractivity contribution in [2.75, 3.05) is 13.2 Å². The van der Waals surface area contributed by atoms with Crippen LogP contribution in [0.15, 0.2) is 18.2 Å². The van der Waals surface area contributed by atoms with Gasteiger partial charge in [0, 0.05) is 12.8 Å². The number of fused-ring (bicyclic) bond motifs is 1. The van der Waals surface area contributed by atoms with E-state index in [4.69, 9.17) is 14.6 Å². The first-order chi connectivity index (χ1) is 8.27. The van der Waals surface area contributed by atoms with Crippen LogP contribution in [0.2, 0.25) is 0 Å². The molecule has 0 aliphatic carbocycles. The lowest BCUT2D eigenvalue weighted by molar-refractivity contribution is -0.137. The third kappa shape index (κ3) is 3.12. The summed E-state index contributed by atoms with van der Waals surface area (Å²) in [5.41, 5.74) is 1.03. The van der Waals surface area contributed by atoms with Crippen LogP contribution in [0.3, 0.4) is 0 Å². The molecule has 0 spiro atoms. The lowest BCUT2D eigenvalue weighted by Gasteiger charge is -2.11. The lowest BCUT2D eigenvalue weighted by Crippen LogP contribution is -2.00. The number of carboxylic acids is 1. The van der Waals surface area contributed by atoms with Gasteiger partial charge in [0.2, 0.25) is 0 Å². The summed E-state index contributed by atoms with van der Waals surface area (Å²) in [6.07, 6.45) is 2.39. The molecule has 0 amide bonds. The Morgan fingerprint density at radius 3 is 2.94 bits per heavy atom. The molecule has 1 aromatic rings. The van der Waals surface area contributed by atoms with E-state index in [9.17, 15) is 4.79 Å². The quantitative estimate of drug-likeness (QED) is 0.871. The van der Waals surface area contributed by atoms with Crippen molar-refractivity contribution in [2.45, 2.75) is 25.7 Å². The van der Waals surface area contributed by atoms with Gasteiger partial charge in [-0.2, -0.15) is 0 Å². The third-order valence-corrected chi connectivity index (χ3v) is 2.69. The van der Waals surface area contributed by atoms with E-state index in [1.54, 1.807) is 0 Å². The van der Waals surface area contributed by atoms with Gasteiger partial charge in [-0.15, -0.1) is 0 Å². The average molecular weight is 236 g/mol. The zero-order chi connectivity index (χ0) is 12.1. The minimum absolute atomic E-state index is 0.185. The normalized spacial score (nSPS) is 14.1. The second-order valence-electron chi connectivity index (χ2n) is 4.04. The number of ether oxygens (including phenoxy) is 2. The smallest absolute Gasteiger partial charge is 0.303 e. The molecule has 0 saturated carbocycles. The number of hydrogen-bond acceptors (Lipinski definition) is 3. The fourth-order valence-electron chi connectivity index (χ4n) is 1.88. The van der Waals surface area contributed by atoms with Crippen molar-refractivity contribution < 1.29 is 19.4 Å². The first-order valence-electron chi connectivity index (χ1n) is 5.86. The van der Waals surface area contributed by atoms with Crippen LogP contribution in [-0.2, 0) is 11.2 Å². The number of para-hydroxylation sites is 1. The highest BCUT2D eigenvalue weighted by atomic mass is 16.5. The van der Waals surface area contributed by atoms with Crippen LogP contribution in [0, 0.1) is 0 Å². The van der Waals surface area contributed by atoms with Crippen LogP contribution in [-0.4, -0.2) is 24.3 Å². The van der Waals surface area contributed by atoms with E-state index in [2.05, 4.69) is 0 Å². The molecule has 4 nitrogen and oxygen atoms in total. The molecular weight excluding hydrogens is 220 g/mol. The van der Waals surface area contributed by atoms with Gasteiger partial charge < -0.3 is 14.6 Å². The maximum Gasteiger partial charge on any atom is 0.303 e. The molecule has 0 unspecified atom stereocenters. The zero-order valence-corrected chi connectivity index (χ0v) is 9.65. The molecule has 92 valence electrons. The Bertz CT molecular complexity index is 400. The van der Waals surface area contributed by atoms with Gasteiger partial charge in [-0.05, 0) is 24.5 Å². The van der Waals surface area contributed by atoms with Crippen molar-refractivity contribution in [3.8, 4) is 11.5 Å². The summed E-state index contributed by atoms with van der Waals surface area (Å²) in [6, 6.07) is 5.78. The molecule has 17 heavy (non-hydrogen) atoms. The number of carboxylic acid groups (broad SMARTS) is 1. The molecule has 0 fully saturated rings. The van der Waals surface area contributed by atoms with E-state index >= 15 is 0 Å². The Kier molecular flexibility index (Phi) is 3.85. The van der Waals surface area contributed by atoms with Crippen molar-refractivity contribution >= 4 is 5.97 Å².